The first-order valence-corrected chi connectivity index (χ1v) is 7.71. The Morgan fingerprint density at radius 2 is 2.15 bits per heavy atom. The second kappa shape index (κ2) is 5.61. The summed E-state index contributed by atoms with van der Waals surface area (Å²) in [7, 11) is 0. The van der Waals surface area contributed by atoms with E-state index in [9.17, 15) is 5.26 Å². The van der Waals surface area contributed by atoms with E-state index in [1.807, 2.05) is 35.7 Å². The molecule has 0 aliphatic rings. The Labute approximate surface area is 129 Å². The molecule has 3 aromatic rings. The number of halogens is 1. The zero-order valence-electron chi connectivity index (χ0n) is 10.4. The highest BCUT2D eigenvalue weighted by molar-refractivity contribution is 9.10. The van der Waals surface area contributed by atoms with E-state index in [0.717, 1.165) is 21.2 Å². The van der Waals surface area contributed by atoms with Crippen LogP contribution < -0.4 is 5.32 Å². The third-order valence-corrected chi connectivity index (χ3v) is 4.88. The predicted molar refractivity (Wildman–Crippen MR) is 85.8 cm³/mol. The van der Waals surface area contributed by atoms with Crippen molar-refractivity contribution in [3.8, 4) is 6.07 Å². The van der Waals surface area contributed by atoms with E-state index in [1.165, 1.54) is 4.88 Å². The Bertz CT molecular complexity index is 804. The highest BCUT2D eigenvalue weighted by atomic mass is 79.9. The van der Waals surface area contributed by atoms with Crippen molar-refractivity contribution in [3.05, 3.63) is 56.7 Å². The fourth-order valence-corrected chi connectivity index (χ4v) is 3.41. The normalized spacial score (nSPS) is 10.4. The maximum absolute atomic E-state index is 9.25. The van der Waals surface area contributed by atoms with Gasteiger partial charge in [-0.3, -0.25) is 0 Å². The van der Waals surface area contributed by atoms with Crippen LogP contribution in [0.15, 0.2) is 46.3 Å². The molecule has 0 radical (unpaired) electrons. The van der Waals surface area contributed by atoms with Gasteiger partial charge in [0.25, 0.3) is 0 Å². The Balaban J connectivity index is 1.92. The lowest BCUT2D eigenvalue weighted by Crippen LogP contribution is -2.01. The lowest BCUT2D eigenvalue weighted by molar-refractivity contribution is 1.15. The van der Waals surface area contributed by atoms with Crippen LogP contribution in [-0.4, -0.2) is 4.98 Å². The zero-order chi connectivity index (χ0) is 13.9. The second-order valence-corrected chi connectivity index (χ2v) is 6.08. The summed E-state index contributed by atoms with van der Waals surface area (Å²) < 4.78 is 1.09. The standard InChI is InChI=1S/C15H10BrN3S/c16-12-5-6-20-14(12)9-18-15-7-10(8-17)11-3-1-2-4-13(11)19-15/h1-7H,9H2,(H,18,19). The van der Waals surface area contributed by atoms with E-state index in [0.29, 0.717) is 12.1 Å². The van der Waals surface area contributed by atoms with Crippen LogP contribution in [0.2, 0.25) is 0 Å². The van der Waals surface area contributed by atoms with Gasteiger partial charge in [0.2, 0.25) is 0 Å². The number of pyridine rings is 1. The smallest absolute Gasteiger partial charge is 0.128 e. The number of fused-ring (bicyclic) bond motifs is 1. The molecular weight excluding hydrogens is 334 g/mol. The molecule has 3 rings (SSSR count). The van der Waals surface area contributed by atoms with Crippen LogP contribution in [-0.2, 0) is 6.54 Å². The number of nitriles is 1. The van der Waals surface area contributed by atoms with Crippen LogP contribution in [0.25, 0.3) is 10.9 Å². The van der Waals surface area contributed by atoms with Gasteiger partial charge >= 0.3 is 0 Å². The molecule has 0 bridgehead atoms. The largest absolute Gasteiger partial charge is 0.365 e. The van der Waals surface area contributed by atoms with Crippen LogP contribution in [0.4, 0.5) is 5.82 Å². The number of anilines is 1. The van der Waals surface area contributed by atoms with E-state index < -0.39 is 0 Å². The van der Waals surface area contributed by atoms with Gasteiger partial charge in [0, 0.05) is 14.7 Å². The van der Waals surface area contributed by atoms with Crippen LogP contribution >= 0.6 is 27.3 Å². The van der Waals surface area contributed by atoms with Crippen LogP contribution in [0.5, 0.6) is 0 Å². The van der Waals surface area contributed by atoms with Gasteiger partial charge < -0.3 is 5.32 Å². The SMILES string of the molecule is N#Cc1cc(NCc2sccc2Br)nc2ccccc12. The average Bonchev–Trinajstić information content (AvgIpc) is 2.89. The van der Waals surface area contributed by atoms with Gasteiger partial charge in [-0.25, -0.2) is 4.98 Å². The van der Waals surface area contributed by atoms with Gasteiger partial charge in [-0.05, 0) is 39.5 Å². The van der Waals surface area contributed by atoms with Gasteiger partial charge in [-0.2, -0.15) is 5.26 Å². The van der Waals surface area contributed by atoms with Crippen LogP contribution in [0, 0.1) is 11.3 Å². The topological polar surface area (TPSA) is 48.7 Å². The minimum Gasteiger partial charge on any atom is -0.365 e. The number of hydrogen-bond acceptors (Lipinski definition) is 4. The maximum atomic E-state index is 9.25. The van der Waals surface area contributed by atoms with Crippen molar-refractivity contribution < 1.29 is 0 Å². The number of thiophene rings is 1. The molecule has 0 spiro atoms. The average molecular weight is 344 g/mol. The van der Waals surface area contributed by atoms with E-state index >= 15 is 0 Å². The Morgan fingerprint density at radius 1 is 1.30 bits per heavy atom. The van der Waals surface area contributed by atoms with Crippen molar-refractivity contribution >= 4 is 44.0 Å². The summed E-state index contributed by atoms with van der Waals surface area (Å²) in [4.78, 5) is 5.75. The highest BCUT2D eigenvalue weighted by Crippen LogP contribution is 2.24. The lowest BCUT2D eigenvalue weighted by atomic mass is 10.1. The molecule has 0 saturated heterocycles. The molecule has 98 valence electrons. The summed E-state index contributed by atoms with van der Waals surface area (Å²) in [5, 5.41) is 15.4. The van der Waals surface area contributed by atoms with E-state index in [-0.39, 0.29) is 0 Å². The molecule has 1 aromatic carbocycles. The second-order valence-electron chi connectivity index (χ2n) is 4.23. The molecule has 5 heteroatoms. The van der Waals surface area contributed by atoms with Gasteiger partial charge in [0.15, 0.2) is 0 Å². The highest BCUT2D eigenvalue weighted by Gasteiger charge is 2.06. The van der Waals surface area contributed by atoms with Crippen molar-refractivity contribution in [3.63, 3.8) is 0 Å². The molecule has 2 heterocycles. The number of nitrogens with zero attached hydrogens (tertiary/aromatic N) is 2. The number of aromatic nitrogens is 1. The summed E-state index contributed by atoms with van der Waals surface area (Å²) in [6, 6.07) is 13.7. The number of hydrogen-bond donors (Lipinski definition) is 1. The number of rotatable bonds is 3. The molecule has 2 aromatic heterocycles. The minimum atomic E-state index is 0.642. The quantitative estimate of drug-likeness (QED) is 0.759. The number of benzene rings is 1. The fourth-order valence-electron chi connectivity index (χ4n) is 1.98. The van der Waals surface area contributed by atoms with Crippen molar-refractivity contribution in [1.29, 1.82) is 5.26 Å². The molecule has 0 fully saturated rings. The fraction of sp³-hybridized carbons (Fsp3) is 0.0667. The van der Waals surface area contributed by atoms with E-state index in [4.69, 9.17) is 0 Å². The summed E-state index contributed by atoms with van der Waals surface area (Å²) in [6.07, 6.45) is 0. The monoisotopic (exact) mass is 343 g/mol. The summed E-state index contributed by atoms with van der Waals surface area (Å²) >= 11 is 5.19. The van der Waals surface area contributed by atoms with E-state index in [2.05, 4.69) is 32.3 Å². The summed E-state index contributed by atoms with van der Waals surface area (Å²) in [5.41, 5.74) is 1.47. The third-order valence-electron chi connectivity index (χ3n) is 2.96. The molecule has 0 aliphatic carbocycles. The van der Waals surface area contributed by atoms with Crippen molar-refractivity contribution in [2.75, 3.05) is 5.32 Å². The summed E-state index contributed by atoms with van der Waals surface area (Å²) in [5.74, 6) is 0.723. The zero-order valence-corrected chi connectivity index (χ0v) is 12.8. The number of nitrogens with one attached hydrogen (secondary N) is 1. The van der Waals surface area contributed by atoms with Gasteiger partial charge in [0.05, 0.1) is 23.7 Å². The Morgan fingerprint density at radius 3 is 2.90 bits per heavy atom. The van der Waals surface area contributed by atoms with Crippen LogP contribution in [0.3, 0.4) is 0 Å². The lowest BCUT2D eigenvalue weighted by Gasteiger charge is -2.07. The van der Waals surface area contributed by atoms with Crippen molar-refractivity contribution in [2.24, 2.45) is 0 Å². The molecule has 0 unspecified atom stereocenters. The first-order valence-electron chi connectivity index (χ1n) is 6.03. The molecular formula is C15H10BrN3S. The Hall–Kier alpha value is -1.90. The Kier molecular flexibility index (Phi) is 3.68. The first-order chi connectivity index (χ1) is 9.78. The van der Waals surface area contributed by atoms with Crippen molar-refractivity contribution in [1.82, 2.24) is 4.98 Å². The predicted octanol–water partition coefficient (Wildman–Crippen LogP) is 4.54. The maximum Gasteiger partial charge on any atom is 0.128 e. The molecule has 0 saturated carbocycles. The molecule has 0 amide bonds. The van der Waals surface area contributed by atoms with Gasteiger partial charge in [0.1, 0.15) is 5.82 Å². The minimum absolute atomic E-state index is 0.642. The van der Waals surface area contributed by atoms with Gasteiger partial charge in [-0.15, -0.1) is 11.3 Å². The summed E-state index contributed by atoms with van der Waals surface area (Å²) in [6.45, 7) is 0.689. The van der Waals surface area contributed by atoms with Gasteiger partial charge in [-0.1, -0.05) is 18.2 Å². The molecule has 0 aliphatic heterocycles. The van der Waals surface area contributed by atoms with Crippen LogP contribution in [0.1, 0.15) is 10.4 Å². The molecule has 3 nitrogen and oxygen atoms in total. The molecule has 0 atom stereocenters. The molecule has 20 heavy (non-hydrogen) atoms. The third kappa shape index (κ3) is 2.53. The van der Waals surface area contributed by atoms with Crippen molar-refractivity contribution in [2.45, 2.75) is 6.54 Å². The molecule has 1 N–H and O–H groups in total. The first kappa shape index (κ1) is 13.1. The van der Waals surface area contributed by atoms with E-state index in [1.54, 1.807) is 17.4 Å². The number of para-hydroxylation sites is 1.